The maximum Gasteiger partial charge on any atom is 0.245 e. The van der Waals surface area contributed by atoms with E-state index >= 15 is 0 Å². The highest BCUT2D eigenvalue weighted by Crippen LogP contribution is 2.40. The minimum absolute atomic E-state index is 0.0188. The van der Waals surface area contributed by atoms with Crippen LogP contribution < -0.4 is 5.32 Å². The minimum atomic E-state index is -0.343. The SMILES string of the molecule is C[C@@H]1C[C@H]1C(=O)N1Cc2cncn2[C@H](C(=O)NC2CCC2)C1. The van der Waals surface area contributed by atoms with Crippen LogP contribution in [0.25, 0.3) is 0 Å². The van der Waals surface area contributed by atoms with Crippen LogP contribution in [0.3, 0.4) is 0 Å². The normalized spacial score (nSPS) is 30.4. The number of hydrogen-bond acceptors (Lipinski definition) is 3. The van der Waals surface area contributed by atoms with Gasteiger partial charge in [-0.2, -0.15) is 0 Å². The molecule has 1 N–H and O–H groups in total. The lowest BCUT2D eigenvalue weighted by atomic mass is 9.93. The number of rotatable bonds is 3. The molecule has 22 heavy (non-hydrogen) atoms. The van der Waals surface area contributed by atoms with Gasteiger partial charge in [0.1, 0.15) is 6.04 Å². The van der Waals surface area contributed by atoms with Crippen LogP contribution >= 0.6 is 0 Å². The molecule has 0 saturated heterocycles. The fourth-order valence-corrected chi connectivity index (χ4v) is 3.42. The Hall–Kier alpha value is -1.85. The summed E-state index contributed by atoms with van der Waals surface area (Å²) in [7, 11) is 0. The van der Waals surface area contributed by atoms with E-state index in [0.717, 1.165) is 25.0 Å². The van der Waals surface area contributed by atoms with Crippen molar-refractivity contribution in [2.24, 2.45) is 11.8 Å². The van der Waals surface area contributed by atoms with E-state index in [9.17, 15) is 9.59 Å². The molecule has 0 aromatic carbocycles. The number of imidazole rings is 1. The predicted octanol–water partition coefficient (Wildman–Crippen LogP) is 1.09. The van der Waals surface area contributed by atoms with Gasteiger partial charge in [0.2, 0.25) is 11.8 Å². The Morgan fingerprint density at radius 3 is 2.77 bits per heavy atom. The molecule has 4 rings (SSSR count). The van der Waals surface area contributed by atoms with E-state index < -0.39 is 0 Å². The van der Waals surface area contributed by atoms with Crippen molar-refractivity contribution in [1.29, 1.82) is 0 Å². The van der Waals surface area contributed by atoms with Crippen LogP contribution in [0.15, 0.2) is 12.5 Å². The van der Waals surface area contributed by atoms with Gasteiger partial charge in [-0.3, -0.25) is 9.59 Å². The van der Waals surface area contributed by atoms with Crippen LogP contribution in [0.1, 0.15) is 44.3 Å². The van der Waals surface area contributed by atoms with Gasteiger partial charge in [0, 0.05) is 18.2 Å². The Labute approximate surface area is 129 Å². The van der Waals surface area contributed by atoms with Crippen LogP contribution in [0.5, 0.6) is 0 Å². The van der Waals surface area contributed by atoms with E-state index in [0.29, 0.717) is 25.0 Å². The highest BCUT2D eigenvalue weighted by atomic mass is 16.2. The Morgan fingerprint density at radius 1 is 1.36 bits per heavy atom. The zero-order valence-electron chi connectivity index (χ0n) is 12.9. The second-order valence-electron chi connectivity index (χ2n) is 6.98. The van der Waals surface area contributed by atoms with Crippen molar-refractivity contribution >= 4 is 11.8 Å². The predicted molar refractivity (Wildman–Crippen MR) is 79.7 cm³/mol. The summed E-state index contributed by atoms with van der Waals surface area (Å²) in [5, 5.41) is 3.10. The number of amides is 2. The quantitative estimate of drug-likeness (QED) is 0.909. The van der Waals surface area contributed by atoms with Gasteiger partial charge in [0.05, 0.1) is 25.1 Å². The number of carbonyl (C=O) groups excluding carboxylic acids is 2. The maximum absolute atomic E-state index is 12.6. The van der Waals surface area contributed by atoms with Crippen LogP contribution in [-0.2, 0) is 16.1 Å². The molecule has 2 aliphatic carbocycles. The third kappa shape index (κ3) is 2.30. The average Bonchev–Trinajstić information content (AvgIpc) is 3.00. The fourth-order valence-electron chi connectivity index (χ4n) is 3.42. The smallest absolute Gasteiger partial charge is 0.245 e. The number of aromatic nitrogens is 2. The van der Waals surface area contributed by atoms with Crippen LogP contribution in [0.4, 0.5) is 0 Å². The number of fused-ring (bicyclic) bond motifs is 1. The molecule has 0 unspecified atom stereocenters. The molecule has 3 atom stereocenters. The first-order valence-electron chi connectivity index (χ1n) is 8.23. The van der Waals surface area contributed by atoms with Gasteiger partial charge in [0.25, 0.3) is 0 Å². The second kappa shape index (κ2) is 5.11. The third-order valence-corrected chi connectivity index (χ3v) is 5.32. The van der Waals surface area contributed by atoms with E-state index in [4.69, 9.17) is 0 Å². The van der Waals surface area contributed by atoms with Crippen LogP contribution in [-0.4, -0.2) is 38.9 Å². The van der Waals surface area contributed by atoms with Gasteiger partial charge in [-0.25, -0.2) is 4.98 Å². The van der Waals surface area contributed by atoms with Gasteiger partial charge in [-0.15, -0.1) is 0 Å². The Morgan fingerprint density at radius 2 is 2.14 bits per heavy atom. The lowest BCUT2D eigenvalue weighted by Gasteiger charge is -2.36. The molecule has 1 aromatic heterocycles. The molecule has 0 radical (unpaired) electrons. The summed E-state index contributed by atoms with van der Waals surface area (Å²) in [6, 6.07) is -0.0288. The molecule has 2 amide bonds. The number of nitrogens with one attached hydrogen (secondary N) is 1. The maximum atomic E-state index is 12.6. The zero-order valence-corrected chi connectivity index (χ0v) is 12.9. The van der Waals surface area contributed by atoms with Crippen molar-refractivity contribution in [1.82, 2.24) is 19.8 Å². The summed E-state index contributed by atoms with van der Waals surface area (Å²) < 4.78 is 1.92. The van der Waals surface area contributed by atoms with Crippen molar-refractivity contribution in [3.05, 3.63) is 18.2 Å². The first kappa shape index (κ1) is 13.8. The van der Waals surface area contributed by atoms with Crippen molar-refractivity contribution < 1.29 is 9.59 Å². The molecule has 6 nitrogen and oxygen atoms in total. The molecule has 118 valence electrons. The van der Waals surface area contributed by atoms with Crippen molar-refractivity contribution in [2.75, 3.05) is 6.54 Å². The zero-order chi connectivity index (χ0) is 15.3. The molecule has 3 aliphatic rings. The summed E-state index contributed by atoms with van der Waals surface area (Å²) in [6.45, 7) is 3.14. The average molecular weight is 302 g/mol. The highest BCUT2D eigenvalue weighted by molar-refractivity contribution is 5.85. The van der Waals surface area contributed by atoms with Gasteiger partial charge in [0.15, 0.2) is 0 Å². The first-order valence-corrected chi connectivity index (χ1v) is 8.23. The summed E-state index contributed by atoms with van der Waals surface area (Å²) in [5.41, 5.74) is 0.946. The fraction of sp³-hybridized carbons (Fsp3) is 0.688. The molecule has 0 spiro atoms. The van der Waals surface area contributed by atoms with Crippen molar-refractivity contribution in [2.45, 2.75) is 51.2 Å². The molecular weight excluding hydrogens is 280 g/mol. The molecule has 2 saturated carbocycles. The monoisotopic (exact) mass is 302 g/mol. The molecule has 1 aliphatic heterocycles. The third-order valence-electron chi connectivity index (χ3n) is 5.32. The minimum Gasteiger partial charge on any atom is -0.352 e. The first-order chi connectivity index (χ1) is 10.6. The van der Waals surface area contributed by atoms with Crippen LogP contribution in [0.2, 0.25) is 0 Å². The van der Waals surface area contributed by atoms with Crippen molar-refractivity contribution in [3.8, 4) is 0 Å². The number of nitrogens with zero attached hydrogens (tertiary/aromatic N) is 3. The van der Waals surface area contributed by atoms with Gasteiger partial charge in [-0.05, 0) is 31.6 Å². The number of carbonyl (C=O) groups is 2. The van der Waals surface area contributed by atoms with E-state index in [1.807, 2.05) is 9.47 Å². The van der Waals surface area contributed by atoms with E-state index in [-0.39, 0.29) is 23.8 Å². The van der Waals surface area contributed by atoms with Gasteiger partial charge < -0.3 is 14.8 Å². The summed E-state index contributed by atoms with van der Waals surface area (Å²) in [6.07, 6.45) is 7.78. The molecule has 1 aromatic rings. The molecule has 0 bridgehead atoms. The molecular formula is C16H22N4O2. The van der Waals surface area contributed by atoms with Gasteiger partial charge >= 0.3 is 0 Å². The molecule has 6 heteroatoms. The summed E-state index contributed by atoms with van der Waals surface area (Å²) >= 11 is 0. The summed E-state index contributed by atoms with van der Waals surface area (Å²) in [4.78, 5) is 31.1. The van der Waals surface area contributed by atoms with E-state index in [1.54, 1.807) is 12.5 Å². The van der Waals surface area contributed by atoms with Gasteiger partial charge in [-0.1, -0.05) is 6.92 Å². The Bertz CT molecular complexity index is 607. The molecule has 2 heterocycles. The number of hydrogen-bond donors (Lipinski definition) is 1. The van der Waals surface area contributed by atoms with Crippen molar-refractivity contribution in [3.63, 3.8) is 0 Å². The summed E-state index contributed by atoms with van der Waals surface area (Å²) in [5.74, 6) is 0.859. The highest BCUT2D eigenvalue weighted by Gasteiger charge is 2.44. The Kier molecular flexibility index (Phi) is 3.20. The lowest BCUT2D eigenvalue weighted by Crippen LogP contribution is -2.50. The van der Waals surface area contributed by atoms with E-state index in [2.05, 4.69) is 17.2 Å². The van der Waals surface area contributed by atoms with Crippen LogP contribution in [0, 0.1) is 11.8 Å². The lowest BCUT2D eigenvalue weighted by molar-refractivity contribution is -0.137. The standard InChI is InChI=1S/C16H22N4O2/c1-10-5-13(10)16(22)19-7-12-6-17-9-20(12)14(8-19)15(21)18-11-3-2-4-11/h6,9-11,13-14H,2-5,7-8H2,1H3,(H,18,21)/t10-,13-,14+/m1/s1. The molecule has 2 fully saturated rings. The Balaban J connectivity index is 1.52. The second-order valence-corrected chi connectivity index (χ2v) is 6.98. The van der Waals surface area contributed by atoms with E-state index in [1.165, 1.54) is 6.42 Å². The largest absolute Gasteiger partial charge is 0.352 e. The topological polar surface area (TPSA) is 67.2 Å².